The molecule has 3 rings (SSSR count). The van der Waals surface area contributed by atoms with Crippen LogP contribution in [-0.2, 0) is 0 Å². The summed E-state index contributed by atoms with van der Waals surface area (Å²) in [4.78, 5) is 0. The van der Waals surface area contributed by atoms with Crippen molar-refractivity contribution >= 4 is 0 Å². The summed E-state index contributed by atoms with van der Waals surface area (Å²) in [5.41, 5.74) is 0. The van der Waals surface area contributed by atoms with Crippen LogP contribution in [0.15, 0.2) is 0 Å². The van der Waals surface area contributed by atoms with Crippen molar-refractivity contribution in [2.45, 2.75) is 96.6 Å². The monoisotopic (exact) mass is 318 g/mol. The van der Waals surface area contributed by atoms with E-state index < -0.39 is 6.17 Å². The molecule has 3 aliphatic carbocycles. The average Bonchev–Trinajstić information content (AvgIpc) is 2.62. The lowest BCUT2D eigenvalue weighted by Crippen LogP contribution is -2.25. The summed E-state index contributed by atoms with van der Waals surface area (Å²) >= 11 is 0. The Hall–Kier alpha value is -0.510. The summed E-state index contributed by atoms with van der Waals surface area (Å²) in [6.07, 6.45) is 15.7. The normalized spacial score (nSPS) is 41.8. The molecule has 0 spiro atoms. The maximum atomic E-state index is 13.2. The van der Waals surface area contributed by atoms with Crippen LogP contribution in [0.2, 0.25) is 0 Å². The molecule has 3 saturated carbocycles. The molecule has 0 unspecified atom stereocenters. The average molecular weight is 319 g/mol. The first-order chi connectivity index (χ1) is 11.2. The Morgan fingerprint density at radius 3 is 1.57 bits per heavy atom. The van der Waals surface area contributed by atoms with E-state index >= 15 is 0 Å². The van der Waals surface area contributed by atoms with E-state index in [1.807, 2.05) is 0 Å². The van der Waals surface area contributed by atoms with Crippen LogP contribution in [0.3, 0.4) is 0 Å². The smallest absolute Gasteiger partial charge is 0.100 e. The van der Waals surface area contributed by atoms with E-state index in [0.29, 0.717) is 11.8 Å². The van der Waals surface area contributed by atoms with E-state index in [1.165, 1.54) is 57.8 Å². The van der Waals surface area contributed by atoms with Gasteiger partial charge in [-0.05, 0) is 82.0 Å². The van der Waals surface area contributed by atoms with Crippen LogP contribution in [0.5, 0.6) is 0 Å². The van der Waals surface area contributed by atoms with Gasteiger partial charge in [0.2, 0.25) is 0 Å². The van der Waals surface area contributed by atoms with E-state index in [9.17, 15) is 4.39 Å². The number of hydrogen-bond donors (Lipinski definition) is 0. The predicted octanol–water partition coefficient (Wildman–Crippen LogP) is 6.54. The Bertz CT molecular complexity index is 393. The molecule has 130 valence electrons. The minimum Gasteiger partial charge on any atom is -0.247 e. The lowest BCUT2D eigenvalue weighted by Gasteiger charge is -2.37. The molecule has 0 N–H and O–H groups in total. The third kappa shape index (κ3) is 4.98. The Balaban J connectivity index is 1.39. The second-order valence-corrected chi connectivity index (χ2v) is 8.54. The molecule has 0 amide bonds. The van der Waals surface area contributed by atoms with Crippen LogP contribution in [0, 0.1) is 41.4 Å². The van der Waals surface area contributed by atoms with Gasteiger partial charge in [-0.3, -0.25) is 0 Å². The van der Waals surface area contributed by atoms with Crippen molar-refractivity contribution in [1.29, 1.82) is 0 Å². The fourth-order valence-electron chi connectivity index (χ4n) is 5.24. The summed E-state index contributed by atoms with van der Waals surface area (Å²) in [5, 5.41) is 0. The van der Waals surface area contributed by atoms with Gasteiger partial charge in [-0.15, -0.1) is 0 Å². The number of hydrogen-bond acceptors (Lipinski definition) is 0. The van der Waals surface area contributed by atoms with Gasteiger partial charge in [0.15, 0.2) is 0 Å². The molecule has 23 heavy (non-hydrogen) atoms. The molecule has 0 aromatic heterocycles. The van der Waals surface area contributed by atoms with Crippen LogP contribution < -0.4 is 0 Å². The van der Waals surface area contributed by atoms with Crippen LogP contribution in [0.25, 0.3) is 0 Å². The highest BCUT2D eigenvalue weighted by atomic mass is 19.1. The van der Waals surface area contributed by atoms with Crippen molar-refractivity contribution in [1.82, 2.24) is 0 Å². The summed E-state index contributed by atoms with van der Waals surface area (Å²) in [6.45, 7) is 2.36. The van der Waals surface area contributed by atoms with Crippen LogP contribution in [-0.4, -0.2) is 6.17 Å². The zero-order valence-corrected chi connectivity index (χ0v) is 15.0. The Labute approximate surface area is 143 Å². The minimum absolute atomic E-state index is 0.490. The number of alkyl halides is 1. The molecule has 0 radical (unpaired) electrons. The lowest BCUT2D eigenvalue weighted by molar-refractivity contribution is 0.155. The highest BCUT2D eigenvalue weighted by Gasteiger charge is 2.30. The third-order valence-corrected chi connectivity index (χ3v) is 7.06. The molecule has 0 bridgehead atoms. The summed E-state index contributed by atoms with van der Waals surface area (Å²) < 4.78 is 13.2. The van der Waals surface area contributed by atoms with Gasteiger partial charge in [0.1, 0.15) is 6.17 Å². The fraction of sp³-hybridized carbons (Fsp3) is 0.909. The quantitative estimate of drug-likeness (QED) is 0.507. The van der Waals surface area contributed by atoms with Crippen LogP contribution >= 0.6 is 0 Å². The number of rotatable bonds is 2. The topological polar surface area (TPSA) is 0 Å². The van der Waals surface area contributed by atoms with Crippen molar-refractivity contribution in [2.75, 3.05) is 0 Å². The van der Waals surface area contributed by atoms with E-state index in [4.69, 9.17) is 0 Å². The molecule has 0 aromatic rings. The summed E-state index contributed by atoms with van der Waals surface area (Å²) in [7, 11) is 0. The first-order valence-corrected chi connectivity index (χ1v) is 10.4. The van der Waals surface area contributed by atoms with Gasteiger partial charge in [-0.2, -0.15) is 0 Å². The van der Waals surface area contributed by atoms with Gasteiger partial charge in [0, 0.05) is 11.8 Å². The molecule has 1 heteroatoms. The Morgan fingerprint density at radius 1 is 0.652 bits per heavy atom. The van der Waals surface area contributed by atoms with Crippen LogP contribution in [0.4, 0.5) is 4.39 Å². The van der Waals surface area contributed by atoms with Crippen molar-refractivity contribution in [3.63, 3.8) is 0 Å². The molecule has 0 atom stereocenters. The van der Waals surface area contributed by atoms with Crippen molar-refractivity contribution in [3.05, 3.63) is 0 Å². The van der Waals surface area contributed by atoms with Gasteiger partial charge in [0.25, 0.3) is 0 Å². The third-order valence-electron chi connectivity index (χ3n) is 7.06. The molecule has 0 aliphatic heterocycles. The van der Waals surface area contributed by atoms with E-state index in [0.717, 1.165) is 43.4 Å². The molecule has 0 aromatic carbocycles. The molecule has 3 fully saturated rings. The molecular formula is C22H35F. The van der Waals surface area contributed by atoms with Gasteiger partial charge < -0.3 is 0 Å². The highest BCUT2D eigenvalue weighted by molar-refractivity contribution is 5.09. The maximum absolute atomic E-state index is 13.2. The van der Waals surface area contributed by atoms with Crippen molar-refractivity contribution < 1.29 is 4.39 Å². The summed E-state index contributed by atoms with van der Waals surface area (Å²) in [6, 6.07) is 0. The van der Waals surface area contributed by atoms with E-state index in [1.54, 1.807) is 0 Å². The Morgan fingerprint density at radius 2 is 1.09 bits per heavy atom. The highest BCUT2D eigenvalue weighted by Crippen LogP contribution is 2.41. The Kier molecular flexibility index (Phi) is 6.44. The van der Waals surface area contributed by atoms with Crippen molar-refractivity contribution in [2.24, 2.45) is 29.6 Å². The zero-order chi connectivity index (χ0) is 16.1. The van der Waals surface area contributed by atoms with Gasteiger partial charge in [-0.25, -0.2) is 4.39 Å². The fourth-order valence-corrected chi connectivity index (χ4v) is 5.24. The molecule has 3 aliphatic rings. The predicted molar refractivity (Wildman–Crippen MR) is 95.8 cm³/mol. The van der Waals surface area contributed by atoms with Gasteiger partial charge in [0.05, 0.1) is 0 Å². The maximum Gasteiger partial charge on any atom is 0.100 e. The molecule has 0 heterocycles. The van der Waals surface area contributed by atoms with Crippen LogP contribution in [0.1, 0.15) is 90.4 Å². The second kappa shape index (κ2) is 8.55. The van der Waals surface area contributed by atoms with Gasteiger partial charge in [-0.1, -0.05) is 38.0 Å². The second-order valence-electron chi connectivity index (χ2n) is 8.54. The summed E-state index contributed by atoms with van der Waals surface area (Å²) in [5.74, 6) is 11.2. The SMILES string of the molecule is CCC1CCC(C2CCC(C#CC3CCC(F)CC3)CC2)CC1. The lowest BCUT2D eigenvalue weighted by atomic mass is 9.69. The molecule has 0 nitrogen and oxygen atoms in total. The first-order valence-electron chi connectivity index (χ1n) is 10.4. The number of halogens is 1. The first kappa shape index (κ1) is 17.3. The standard InChI is InChI=1S/C22H35F/c1-2-17-5-11-20(12-6-17)21-13-7-18(8-14-21)3-4-19-9-15-22(23)16-10-19/h17-22H,2,5-16H2,1H3. The van der Waals surface area contributed by atoms with Gasteiger partial charge >= 0.3 is 0 Å². The molecule has 0 saturated heterocycles. The largest absolute Gasteiger partial charge is 0.247 e. The minimum atomic E-state index is -0.550. The van der Waals surface area contributed by atoms with E-state index in [2.05, 4.69) is 18.8 Å². The van der Waals surface area contributed by atoms with Crippen molar-refractivity contribution in [3.8, 4) is 11.8 Å². The zero-order valence-electron chi connectivity index (χ0n) is 15.0. The van der Waals surface area contributed by atoms with E-state index in [-0.39, 0.29) is 0 Å². The molecular weight excluding hydrogens is 283 g/mol.